The summed E-state index contributed by atoms with van der Waals surface area (Å²) >= 11 is 5.69. The monoisotopic (exact) mass is 166 g/mol. The van der Waals surface area contributed by atoms with Crippen LogP contribution in [0.25, 0.3) is 0 Å². The summed E-state index contributed by atoms with van der Waals surface area (Å²) in [4.78, 5) is 9.93. The van der Waals surface area contributed by atoms with Gasteiger partial charge in [-0.1, -0.05) is 13.8 Å². The maximum atomic E-state index is 12.5. The third-order valence-electron chi connectivity index (χ3n) is 1.59. The molecule has 3 heteroatoms. The maximum Gasteiger partial charge on any atom is 0.159 e. The lowest BCUT2D eigenvalue weighted by atomic mass is 10.0. The molecule has 0 aromatic rings. The molecule has 1 nitrogen and oxygen atoms in total. The quantitative estimate of drug-likeness (QED) is 0.462. The molecule has 10 heavy (non-hydrogen) atoms. The van der Waals surface area contributed by atoms with Gasteiger partial charge in [0.05, 0.1) is 0 Å². The number of hydrogen-bond donors (Lipinski definition) is 0. The third-order valence-corrected chi connectivity index (χ3v) is 2.30. The van der Waals surface area contributed by atoms with Gasteiger partial charge in [-0.05, 0) is 6.42 Å². The summed E-state index contributed by atoms with van der Waals surface area (Å²) in [6, 6.07) is 0. The highest BCUT2D eigenvalue weighted by Crippen LogP contribution is 2.18. The van der Waals surface area contributed by atoms with Gasteiger partial charge in [0.1, 0.15) is 0 Å². The van der Waals surface area contributed by atoms with E-state index in [4.69, 9.17) is 11.6 Å². The minimum absolute atomic E-state index is 0.236. The third kappa shape index (κ3) is 2.65. The Morgan fingerprint density at radius 1 is 1.70 bits per heavy atom. The highest BCUT2D eigenvalue weighted by molar-refractivity contribution is 6.20. The summed E-state index contributed by atoms with van der Waals surface area (Å²) in [6.07, 6.45) is -0.422. The van der Waals surface area contributed by atoms with E-state index in [1.54, 1.807) is 6.92 Å². The number of aldehydes is 1. The second-order valence-corrected chi connectivity index (χ2v) is 2.92. The normalized spacial score (nSPS) is 19.6. The molecule has 0 rings (SSSR count). The molecule has 0 amide bonds. The molecule has 0 bridgehead atoms. The Balaban J connectivity index is 3.80. The molecular formula is C7H12ClFO. The van der Waals surface area contributed by atoms with Crippen LogP contribution in [-0.2, 0) is 4.79 Å². The first kappa shape index (κ1) is 9.89. The molecule has 0 radical (unpaired) electrons. The van der Waals surface area contributed by atoms with Crippen molar-refractivity contribution < 1.29 is 9.18 Å². The van der Waals surface area contributed by atoms with E-state index in [-0.39, 0.29) is 11.3 Å². The summed E-state index contributed by atoms with van der Waals surface area (Å²) < 4.78 is 12.5. The number of carbonyl (C=O) groups excluding carboxylic acids is 1. The average molecular weight is 167 g/mol. The minimum atomic E-state index is -1.41. The van der Waals surface area contributed by atoms with E-state index in [9.17, 15) is 9.18 Å². The van der Waals surface area contributed by atoms with Crippen molar-refractivity contribution in [1.29, 1.82) is 0 Å². The number of hydrogen-bond acceptors (Lipinski definition) is 1. The Kier molecular flexibility index (Phi) is 4.62. The standard InChI is InChI=1S/C7H12ClFO/c1-3-6(8)5(2)7(9)4-10/h4-7H,3H2,1-2H3/t5-,6+,7-/m1/s1. The van der Waals surface area contributed by atoms with Gasteiger partial charge in [-0.25, -0.2) is 4.39 Å². The van der Waals surface area contributed by atoms with Crippen LogP contribution < -0.4 is 0 Å². The van der Waals surface area contributed by atoms with Crippen LogP contribution in [0.4, 0.5) is 4.39 Å². The second kappa shape index (κ2) is 4.67. The van der Waals surface area contributed by atoms with Gasteiger partial charge in [0.25, 0.3) is 0 Å². The molecule has 0 heterocycles. The molecule has 0 aromatic carbocycles. The molecule has 3 atom stereocenters. The number of rotatable bonds is 4. The summed E-state index contributed by atoms with van der Waals surface area (Å²) in [5, 5.41) is -0.236. The van der Waals surface area contributed by atoms with Crippen LogP contribution in [-0.4, -0.2) is 17.8 Å². The Bertz CT molecular complexity index is 108. The van der Waals surface area contributed by atoms with E-state index in [2.05, 4.69) is 0 Å². The zero-order valence-corrected chi connectivity index (χ0v) is 6.94. The van der Waals surface area contributed by atoms with Gasteiger partial charge in [-0.3, -0.25) is 0 Å². The minimum Gasteiger partial charge on any atom is -0.300 e. The van der Waals surface area contributed by atoms with Crippen LogP contribution in [0.1, 0.15) is 20.3 Å². The largest absolute Gasteiger partial charge is 0.300 e. The van der Waals surface area contributed by atoms with E-state index in [1.165, 1.54) is 0 Å². The number of alkyl halides is 2. The van der Waals surface area contributed by atoms with Gasteiger partial charge in [-0.15, -0.1) is 11.6 Å². The van der Waals surface area contributed by atoms with Crippen molar-refractivity contribution in [3.8, 4) is 0 Å². The summed E-state index contributed by atoms with van der Waals surface area (Å²) in [5.41, 5.74) is 0. The highest BCUT2D eigenvalue weighted by Gasteiger charge is 2.21. The molecule has 0 fully saturated rings. The summed E-state index contributed by atoms with van der Waals surface area (Å²) in [5.74, 6) is -0.371. The average Bonchev–Trinajstić information content (AvgIpc) is 2.00. The lowest BCUT2D eigenvalue weighted by Gasteiger charge is -2.15. The van der Waals surface area contributed by atoms with Gasteiger partial charge >= 0.3 is 0 Å². The molecule has 0 aliphatic heterocycles. The van der Waals surface area contributed by atoms with E-state index in [0.717, 1.165) is 0 Å². The molecule has 0 aliphatic carbocycles. The van der Waals surface area contributed by atoms with Crippen LogP contribution >= 0.6 is 11.6 Å². The first-order valence-corrected chi connectivity index (χ1v) is 3.80. The van der Waals surface area contributed by atoms with E-state index < -0.39 is 6.17 Å². The van der Waals surface area contributed by atoms with Gasteiger partial charge in [0, 0.05) is 11.3 Å². The van der Waals surface area contributed by atoms with E-state index in [0.29, 0.717) is 12.7 Å². The number of carbonyl (C=O) groups is 1. The molecule has 0 saturated carbocycles. The van der Waals surface area contributed by atoms with Gasteiger partial charge in [0.2, 0.25) is 0 Å². The maximum absolute atomic E-state index is 12.5. The van der Waals surface area contributed by atoms with Crippen molar-refractivity contribution in [3.05, 3.63) is 0 Å². The topological polar surface area (TPSA) is 17.1 Å². The van der Waals surface area contributed by atoms with Crippen molar-refractivity contribution >= 4 is 17.9 Å². The summed E-state index contributed by atoms with van der Waals surface area (Å²) in [6.45, 7) is 3.51. The van der Waals surface area contributed by atoms with Crippen molar-refractivity contribution in [1.82, 2.24) is 0 Å². The zero-order valence-electron chi connectivity index (χ0n) is 6.18. The Morgan fingerprint density at radius 2 is 2.20 bits per heavy atom. The van der Waals surface area contributed by atoms with Crippen LogP contribution in [0.2, 0.25) is 0 Å². The fraction of sp³-hybridized carbons (Fsp3) is 0.857. The molecule has 0 aliphatic rings. The van der Waals surface area contributed by atoms with Crippen LogP contribution in [0.3, 0.4) is 0 Å². The molecule has 0 saturated heterocycles. The van der Waals surface area contributed by atoms with Crippen LogP contribution in [0.15, 0.2) is 0 Å². The van der Waals surface area contributed by atoms with Crippen molar-refractivity contribution in [3.63, 3.8) is 0 Å². The van der Waals surface area contributed by atoms with Crippen molar-refractivity contribution in [2.75, 3.05) is 0 Å². The van der Waals surface area contributed by atoms with Crippen LogP contribution in [0, 0.1) is 5.92 Å². The number of halogens is 2. The Morgan fingerprint density at radius 3 is 2.50 bits per heavy atom. The molecule has 0 aromatic heterocycles. The predicted molar refractivity (Wildman–Crippen MR) is 40.1 cm³/mol. The van der Waals surface area contributed by atoms with Gasteiger partial charge < -0.3 is 4.79 Å². The Labute approximate surface area is 65.6 Å². The summed E-state index contributed by atoms with van der Waals surface area (Å²) in [7, 11) is 0. The molecule has 60 valence electrons. The fourth-order valence-electron chi connectivity index (χ4n) is 0.695. The molecule has 0 spiro atoms. The lowest BCUT2D eigenvalue weighted by Crippen LogP contribution is -2.23. The van der Waals surface area contributed by atoms with Crippen molar-refractivity contribution in [2.45, 2.75) is 31.8 Å². The Hall–Kier alpha value is -0.110. The van der Waals surface area contributed by atoms with Gasteiger partial charge in [-0.2, -0.15) is 0 Å². The SMILES string of the molecule is CC[C@H](Cl)[C@@H](C)[C@H](F)C=O. The fourth-order valence-corrected chi connectivity index (χ4v) is 0.834. The van der Waals surface area contributed by atoms with Crippen LogP contribution in [0.5, 0.6) is 0 Å². The highest BCUT2D eigenvalue weighted by atomic mass is 35.5. The van der Waals surface area contributed by atoms with Gasteiger partial charge in [0.15, 0.2) is 12.5 Å². The molecular weight excluding hydrogens is 155 g/mol. The first-order valence-electron chi connectivity index (χ1n) is 3.36. The second-order valence-electron chi connectivity index (χ2n) is 2.36. The predicted octanol–water partition coefficient (Wildman–Crippen LogP) is 2.18. The van der Waals surface area contributed by atoms with E-state index >= 15 is 0 Å². The van der Waals surface area contributed by atoms with E-state index in [1.807, 2.05) is 6.92 Å². The molecule has 0 N–H and O–H groups in total. The van der Waals surface area contributed by atoms with Crippen molar-refractivity contribution in [2.24, 2.45) is 5.92 Å². The first-order chi connectivity index (χ1) is 4.63. The molecule has 0 unspecified atom stereocenters. The lowest BCUT2D eigenvalue weighted by molar-refractivity contribution is -0.113. The zero-order chi connectivity index (χ0) is 8.15. The smallest absolute Gasteiger partial charge is 0.159 e.